The highest BCUT2D eigenvalue weighted by Gasteiger charge is 2.24. The smallest absolute Gasteiger partial charge is 0.253 e. The van der Waals surface area contributed by atoms with E-state index in [2.05, 4.69) is 0 Å². The third-order valence-electron chi connectivity index (χ3n) is 5.54. The van der Waals surface area contributed by atoms with Gasteiger partial charge in [-0.1, -0.05) is 48.5 Å². The van der Waals surface area contributed by atoms with E-state index in [1.165, 1.54) is 6.07 Å². The average molecular weight is 432 g/mol. The Morgan fingerprint density at radius 2 is 1.69 bits per heavy atom. The Hall–Kier alpha value is -3.67. The summed E-state index contributed by atoms with van der Waals surface area (Å²) in [5.74, 6) is 0.294. The van der Waals surface area contributed by atoms with Crippen molar-refractivity contribution in [3.05, 3.63) is 90.2 Å². The second-order valence-electron chi connectivity index (χ2n) is 7.65. The molecule has 1 aliphatic rings. The molecule has 2 amide bonds. The molecule has 164 valence electrons. The van der Waals surface area contributed by atoms with Gasteiger partial charge in [0.2, 0.25) is 5.91 Å². The van der Waals surface area contributed by atoms with Gasteiger partial charge in [0.1, 0.15) is 18.2 Å². The van der Waals surface area contributed by atoms with Gasteiger partial charge in [-0.2, -0.15) is 0 Å². The number of para-hydroxylation sites is 1. The molecule has 0 N–H and O–H groups in total. The van der Waals surface area contributed by atoms with Crippen molar-refractivity contribution < 1.29 is 18.7 Å². The second kappa shape index (κ2) is 10.1. The van der Waals surface area contributed by atoms with Gasteiger partial charge in [-0.15, -0.1) is 0 Å². The van der Waals surface area contributed by atoms with Crippen molar-refractivity contribution in [2.24, 2.45) is 0 Å². The molecule has 3 aromatic carbocycles. The Bertz CT molecular complexity index is 1090. The highest BCUT2D eigenvalue weighted by atomic mass is 19.1. The van der Waals surface area contributed by atoms with E-state index >= 15 is 0 Å². The van der Waals surface area contributed by atoms with Crippen LogP contribution in [0.4, 0.5) is 4.39 Å². The topological polar surface area (TPSA) is 49.9 Å². The van der Waals surface area contributed by atoms with E-state index in [1.807, 2.05) is 30.3 Å². The lowest BCUT2D eigenvalue weighted by Gasteiger charge is -2.22. The minimum absolute atomic E-state index is 0.0112. The molecule has 0 saturated carbocycles. The Morgan fingerprint density at radius 3 is 2.50 bits per heavy atom. The summed E-state index contributed by atoms with van der Waals surface area (Å²) in [4.78, 5) is 29.1. The first-order valence-corrected chi connectivity index (χ1v) is 10.7. The van der Waals surface area contributed by atoms with E-state index in [0.29, 0.717) is 49.5 Å². The number of halogens is 1. The number of nitrogens with zero attached hydrogens (tertiary/aromatic N) is 2. The van der Waals surface area contributed by atoms with Gasteiger partial charge in [0.05, 0.1) is 6.54 Å². The molecule has 3 aromatic rings. The quantitative estimate of drug-likeness (QED) is 0.585. The fourth-order valence-electron chi connectivity index (χ4n) is 3.79. The van der Waals surface area contributed by atoms with Crippen molar-refractivity contribution in [3.63, 3.8) is 0 Å². The molecule has 1 aliphatic heterocycles. The molecule has 0 spiro atoms. The lowest BCUT2D eigenvalue weighted by Crippen LogP contribution is -2.37. The third kappa shape index (κ3) is 5.14. The zero-order valence-electron chi connectivity index (χ0n) is 17.7. The number of carbonyl (C=O) groups excluding carboxylic acids is 2. The molecule has 1 fully saturated rings. The monoisotopic (exact) mass is 432 g/mol. The molecule has 0 radical (unpaired) electrons. The molecule has 4 rings (SSSR count). The molecule has 5 nitrogen and oxygen atoms in total. The molecule has 0 atom stereocenters. The summed E-state index contributed by atoms with van der Waals surface area (Å²) in [6, 6.07) is 22.9. The van der Waals surface area contributed by atoms with Gasteiger partial charge in [-0.3, -0.25) is 9.59 Å². The van der Waals surface area contributed by atoms with Gasteiger partial charge >= 0.3 is 0 Å². The fraction of sp³-hybridized carbons (Fsp3) is 0.231. The van der Waals surface area contributed by atoms with Crippen LogP contribution in [0, 0.1) is 5.82 Å². The first kappa shape index (κ1) is 21.6. The summed E-state index contributed by atoms with van der Waals surface area (Å²) in [5.41, 5.74) is 1.59. The maximum Gasteiger partial charge on any atom is 0.253 e. The van der Waals surface area contributed by atoms with Crippen molar-refractivity contribution in [1.29, 1.82) is 0 Å². The van der Waals surface area contributed by atoms with E-state index in [-0.39, 0.29) is 24.1 Å². The van der Waals surface area contributed by atoms with Gasteiger partial charge in [0.15, 0.2) is 0 Å². The summed E-state index contributed by atoms with van der Waals surface area (Å²) >= 11 is 0. The summed E-state index contributed by atoms with van der Waals surface area (Å²) in [5, 5.41) is 0. The number of amides is 2. The van der Waals surface area contributed by atoms with Gasteiger partial charge in [-0.25, -0.2) is 4.39 Å². The molecule has 0 aromatic heterocycles. The molecular formula is C26H25FN2O3. The van der Waals surface area contributed by atoms with E-state index in [1.54, 1.807) is 52.3 Å². The van der Waals surface area contributed by atoms with Crippen LogP contribution in [0.2, 0.25) is 0 Å². The van der Waals surface area contributed by atoms with Crippen LogP contribution in [-0.4, -0.2) is 54.4 Å². The Labute approximate surface area is 187 Å². The van der Waals surface area contributed by atoms with Gasteiger partial charge < -0.3 is 14.5 Å². The Balaban J connectivity index is 1.38. The molecule has 1 heterocycles. The average Bonchev–Trinajstić information content (AvgIpc) is 3.01. The van der Waals surface area contributed by atoms with Crippen molar-refractivity contribution in [3.8, 4) is 16.9 Å². The predicted octanol–water partition coefficient (Wildman–Crippen LogP) is 4.25. The van der Waals surface area contributed by atoms with Crippen LogP contribution in [0.5, 0.6) is 5.75 Å². The van der Waals surface area contributed by atoms with E-state index in [4.69, 9.17) is 4.74 Å². The molecular weight excluding hydrogens is 407 g/mol. The molecule has 32 heavy (non-hydrogen) atoms. The van der Waals surface area contributed by atoms with Crippen LogP contribution in [0.15, 0.2) is 78.9 Å². The molecule has 6 heteroatoms. The van der Waals surface area contributed by atoms with E-state index in [9.17, 15) is 14.0 Å². The van der Waals surface area contributed by atoms with Gasteiger partial charge in [0, 0.05) is 37.2 Å². The van der Waals surface area contributed by atoms with Crippen LogP contribution in [0.1, 0.15) is 16.8 Å². The summed E-state index contributed by atoms with van der Waals surface area (Å²) in [6.45, 7) is 2.13. The zero-order chi connectivity index (χ0) is 22.3. The molecule has 1 saturated heterocycles. The number of benzene rings is 3. The SMILES string of the molecule is O=C1CCN(C(=O)c2cccc(-c3ccccc3F)c2)CCN1CCOc1ccccc1. The van der Waals surface area contributed by atoms with Crippen LogP contribution < -0.4 is 4.74 Å². The summed E-state index contributed by atoms with van der Waals surface area (Å²) < 4.78 is 19.9. The highest BCUT2D eigenvalue weighted by Crippen LogP contribution is 2.24. The molecule has 0 bridgehead atoms. The van der Waals surface area contributed by atoms with E-state index < -0.39 is 0 Å². The van der Waals surface area contributed by atoms with Gasteiger partial charge in [0.25, 0.3) is 5.91 Å². The number of ether oxygens (including phenoxy) is 1. The standard InChI is InChI=1S/C26H25FN2O3/c27-24-12-5-4-11-23(24)20-7-6-8-21(19-20)26(31)29-14-13-25(30)28(15-16-29)17-18-32-22-9-2-1-3-10-22/h1-12,19H,13-18H2. The summed E-state index contributed by atoms with van der Waals surface area (Å²) in [7, 11) is 0. The van der Waals surface area contributed by atoms with Crippen molar-refractivity contribution in [2.45, 2.75) is 6.42 Å². The van der Waals surface area contributed by atoms with Crippen LogP contribution in [0.3, 0.4) is 0 Å². The van der Waals surface area contributed by atoms with Gasteiger partial charge in [-0.05, 0) is 35.9 Å². The maximum absolute atomic E-state index is 14.2. The minimum atomic E-state index is -0.328. The summed E-state index contributed by atoms with van der Waals surface area (Å²) in [6.07, 6.45) is 0.268. The van der Waals surface area contributed by atoms with E-state index in [0.717, 1.165) is 5.75 Å². The first-order chi connectivity index (χ1) is 15.6. The Morgan fingerprint density at radius 1 is 0.906 bits per heavy atom. The maximum atomic E-state index is 14.2. The molecule has 0 unspecified atom stereocenters. The van der Waals surface area contributed by atoms with Crippen LogP contribution >= 0.6 is 0 Å². The number of rotatable bonds is 6. The second-order valence-corrected chi connectivity index (χ2v) is 7.65. The van der Waals surface area contributed by atoms with Crippen molar-refractivity contribution in [1.82, 2.24) is 9.80 Å². The third-order valence-corrected chi connectivity index (χ3v) is 5.54. The minimum Gasteiger partial charge on any atom is -0.492 e. The van der Waals surface area contributed by atoms with Crippen LogP contribution in [0.25, 0.3) is 11.1 Å². The van der Waals surface area contributed by atoms with Crippen molar-refractivity contribution in [2.75, 3.05) is 32.8 Å². The molecule has 0 aliphatic carbocycles. The lowest BCUT2D eigenvalue weighted by atomic mass is 10.0. The number of hydrogen-bond acceptors (Lipinski definition) is 3. The predicted molar refractivity (Wildman–Crippen MR) is 121 cm³/mol. The van der Waals surface area contributed by atoms with Crippen molar-refractivity contribution >= 4 is 11.8 Å². The largest absolute Gasteiger partial charge is 0.492 e. The zero-order valence-corrected chi connectivity index (χ0v) is 17.7. The number of hydrogen-bond donors (Lipinski definition) is 0. The first-order valence-electron chi connectivity index (χ1n) is 10.7. The normalized spacial score (nSPS) is 14.2. The lowest BCUT2D eigenvalue weighted by molar-refractivity contribution is -0.130. The Kier molecular flexibility index (Phi) is 6.80. The number of carbonyl (C=O) groups is 2. The fourth-order valence-corrected chi connectivity index (χ4v) is 3.79. The highest BCUT2D eigenvalue weighted by molar-refractivity contribution is 5.96. The van der Waals surface area contributed by atoms with Crippen LogP contribution in [-0.2, 0) is 4.79 Å².